The Kier molecular flexibility index (Phi) is 5.62. The van der Waals surface area contributed by atoms with Gasteiger partial charge in [0.25, 0.3) is 0 Å². The molecule has 0 radical (unpaired) electrons. The van der Waals surface area contributed by atoms with Crippen LogP contribution in [0.4, 0.5) is 0 Å². The number of hydrogen-bond donors (Lipinski definition) is 1. The second-order valence-corrected chi connectivity index (χ2v) is 7.49. The summed E-state index contributed by atoms with van der Waals surface area (Å²) in [6.45, 7) is 6.78. The molecule has 0 amide bonds. The zero-order valence-electron chi connectivity index (χ0n) is 12.8. The molecule has 2 rings (SSSR count). The van der Waals surface area contributed by atoms with Gasteiger partial charge in [-0.25, -0.2) is 0 Å². The fourth-order valence-electron chi connectivity index (χ4n) is 3.85. The fourth-order valence-corrected chi connectivity index (χ4v) is 4.00. The van der Waals surface area contributed by atoms with Gasteiger partial charge in [0.05, 0.1) is 18.3 Å². The molecular formula is C16H30O2S. The second kappa shape index (κ2) is 6.82. The predicted molar refractivity (Wildman–Crippen MR) is 82.8 cm³/mol. The van der Waals surface area contributed by atoms with Crippen LogP contribution in [0.1, 0.15) is 52.9 Å². The first-order valence-electron chi connectivity index (χ1n) is 7.89. The molecule has 0 aromatic carbocycles. The van der Waals surface area contributed by atoms with E-state index in [9.17, 15) is 0 Å². The summed E-state index contributed by atoms with van der Waals surface area (Å²) in [4.78, 5) is 0. The molecule has 0 aromatic rings. The zero-order valence-corrected chi connectivity index (χ0v) is 13.7. The van der Waals surface area contributed by atoms with E-state index in [2.05, 4.69) is 33.4 Å². The first-order chi connectivity index (χ1) is 9.02. The summed E-state index contributed by atoms with van der Waals surface area (Å²) in [5, 5.41) is 0.498. The summed E-state index contributed by atoms with van der Waals surface area (Å²) in [6.07, 6.45) is 7.46. The molecule has 0 aromatic heterocycles. The number of ether oxygens (including phenoxy) is 2. The molecule has 2 fully saturated rings. The maximum atomic E-state index is 6.20. The standard InChI is InChI=1S/C16H30O2S/c1-10(12(3)19)5-7-14-11(2)18-16-9-13(17-4)6-8-15(14)16/h10-16,19H,5-9H2,1-4H3. The van der Waals surface area contributed by atoms with E-state index in [-0.39, 0.29) is 0 Å². The minimum atomic E-state index is 0.420. The lowest BCUT2D eigenvalue weighted by Crippen LogP contribution is -2.32. The van der Waals surface area contributed by atoms with Crippen LogP contribution in [0, 0.1) is 17.8 Å². The van der Waals surface area contributed by atoms with Crippen LogP contribution in [-0.2, 0) is 9.47 Å². The average Bonchev–Trinajstić information content (AvgIpc) is 2.70. The Labute approximate surface area is 124 Å². The van der Waals surface area contributed by atoms with E-state index in [0.29, 0.717) is 29.5 Å². The van der Waals surface area contributed by atoms with Crippen LogP contribution in [-0.4, -0.2) is 30.7 Å². The van der Waals surface area contributed by atoms with Crippen molar-refractivity contribution in [3.05, 3.63) is 0 Å². The van der Waals surface area contributed by atoms with Crippen LogP contribution in [0.25, 0.3) is 0 Å². The number of thiol groups is 1. The predicted octanol–water partition coefficient (Wildman–Crippen LogP) is 3.94. The Balaban J connectivity index is 1.88. The number of methoxy groups -OCH3 is 1. The highest BCUT2D eigenvalue weighted by molar-refractivity contribution is 7.80. The largest absolute Gasteiger partial charge is 0.381 e. The van der Waals surface area contributed by atoms with Crippen LogP contribution >= 0.6 is 12.6 Å². The normalized spacial score (nSPS) is 41.8. The van der Waals surface area contributed by atoms with E-state index in [0.717, 1.165) is 18.3 Å². The Morgan fingerprint density at radius 3 is 2.68 bits per heavy atom. The zero-order chi connectivity index (χ0) is 14.0. The average molecular weight is 286 g/mol. The molecule has 3 heteroatoms. The first kappa shape index (κ1) is 15.7. The van der Waals surface area contributed by atoms with Gasteiger partial charge in [-0.15, -0.1) is 0 Å². The monoisotopic (exact) mass is 286 g/mol. The lowest BCUT2D eigenvalue weighted by Gasteiger charge is -2.32. The number of rotatable bonds is 5. The quantitative estimate of drug-likeness (QED) is 0.772. The van der Waals surface area contributed by atoms with Gasteiger partial charge in [-0.2, -0.15) is 12.6 Å². The molecular weight excluding hydrogens is 256 g/mol. The minimum Gasteiger partial charge on any atom is -0.381 e. The molecule has 1 aliphatic heterocycles. The molecule has 0 N–H and O–H groups in total. The molecule has 112 valence electrons. The van der Waals surface area contributed by atoms with Gasteiger partial charge < -0.3 is 9.47 Å². The number of hydrogen-bond acceptors (Lipinski definition) is 3. The third kappa shape index (κ3) is 3.68. The highest BCUT2D eigenvalue weighted by Gasteiger charge is 2.44. The van der Waals surface area contributed by atoms with Crippen molar-refractivity contribution in [3.63, 3.8) is 0 Å². The van der Waals surface area contributed by atoms with Crippen molar-refractivity contribution in [1.29, 1.82) is 0 Å². The van der Waals surface area contributed by atoms with Crippen LogP contribution in [0.2, 0.25) is 0 Å². The molecule has 0 spiro atoms. The van der Waals surface area contributed by atoms with Crippen molar-refractivity contribution in [3.8, 4) is 0 Å². The molecule has 7 atom stereocenters. The van der Waals surface area contributed by atoms with E-state index < -0.39 is 0 Å². The molecule has 2 nitrogen and oxygen atoms in total. The summed E-state index contributed by atoms with van der Waals surface area (Å²) in [5.41, 5.74) is 0. The van der Waals surface area contributed by atoms with E-state index >= 15 is 0 Å². The Morgan fingerprint density at radius 2 is 2.05 bits per heavy atom. The SMILES string of the molecule is COC1CCC2C(C1)OC(C)C2CCC(C)C(C)S. The Bertz CT molecular complexity index is 282. The molecule has 7 unspecified atom stereocenters. The first-order valence-corrected chi connectivity index (χ1v) is 8.40. The van der Waals surface area contributed by atoms with Crippen molar-refractivity contribution >= 4 is 12.6 Å². The van der Waals surface area contributed by atoms with E-state index in [1.54, 1.807) is 0 Å². The lowest BCUT2D eigenvalue weighted by atomic mass is 9.75. The van der Waals surface area contributed by atoms with Gasteiger partial charge in [-0.05, 0) is 50.4 Å². The molecule has 0 bridgehead atoms. The molecule has 1 heterocycles. The van der Waals surface area contributed by atoms with Crippen LogP contribution in [0.5, 0.6) is 0 Å². The van der Waals surface area contributed by atoms with Crippen molar-refractivity contribution in [2.75, 3.05) is 7.11 Å². The topological polar surface area (TPSA) is 18.5 Å². The van der Waals surface area contributed by atoms with Gasteiger partial charge in [-0.1, -0.05) is 13.8 Å². The maximum absolute atomic E-state index is 6.20. The van der Waals surface area contributed by atoms with Gasteiger partial charge in [-0.3, -0.25) is 0 Å². The third-order valence-electron chi connectivity index (χ3n) is 5.45. The molecule has 2 aliphatic rings. The maximum Gasteiger partial charge on any atom is 0.0635 e. The second-order valence-electron chi connectivity index (χ2n) is 6.67. The molecule has 19 heavy (non-hydrogen) atoms. The van der Waals surface area contributed by atoms with Gasteiger partial charge >= 0.3 is 0 Å². The van der Waals surface area contributed by atoms with Crippen LogP contribution in [0.3, 0.4) is 0 Å². The Hall–Kier alpha value is 0.270. The summed E-state index contributed by atoms with van der Waals surface area (Å²) >= 11 is 4.56. The molecule has 1 saturated carbocycles. The van der Waals surface area contributed by atoms with Crippen LogP contribution in [0.15, 0.2) is 0 Å². The lowest BCUT2D eigenvalue weighted by molar-refractivity contribution is -0.0296. The summed E-state index contributed by atoms with van der Waals surface area (Å²) in [7, 11) is 1.83. The van der Waals surface area contributed by atoms with E-state index in [1.807, 2.05) is 7.11 Å². The van der Waals surface area contributed by atoms with E-state index in [1.165, 1.54) is 25.7 Å². The molecule has 1 saturated heterocycles. The highest BCUT2D eigenvalue weighted by Crippen LogP contribution is 2.44. The third-order valence-corrected chi connectivity index (χ3v) is 5.96. The van der Waals surface area contributed by atoms with E-state index in [4.69, 9.17) is 9.47 Å². The summed E-state index contributed by atoms with van der Waals surface area (Å²) < 4.78 is 11.7. The van der Waals surface area contributed by atoms with Crippen molar-refractivity contribution < 1.29 is 9.47 Å². The van der Waals surface area contributed by atoms with Gasteiger partial charge in [0, 0.05) is 18.8 Å². The smallest absolute Gasteiger partial charge is 0.0635 e. The van der Waals surface area contributed by atoms with Crippen molar-refractivity contribution in [2.45, 2.75) is 76.4 Å². The van der Waals surface area contributed by atoms with Gasteiger partial charge in [0.1, 0.15) is 0 Å². The van der Waals surface area contributed by atoms with Gasteiger partial charge in [0.2, 0.25) is 0 Å². The molecule has 1 aliphatic carbocycles. The van der Waals surface area contributed by atoms with Crippen LogP contribution < -0.4 is 0 Å². The van der Waals surface area contributed by atoms with Gasteiger partial charge in [0.15, 0.2) is 0 Å². The number of fused-ring (bicyclic) bond motifs is 1. The van der Waals surface area contributed by atoms with Crippen molar-refractivity contribution in [1.82, 2.24) is 0 Å². The Morgan fingerprint density at radius 1 is 1.32 bits per heavy atom. The fraction of sp³-hybridized carbons (Fsp3) is 1.00. The van der Waals surface area contributed by atoms with Crippen molar-refractivity contribution in [2.24, 2.45) is 17.8 Å². The highest BCUT2D eigenvalue weighted by atomic mass is 32.1. The summed E-state index contributed by atoms with van der Waals surface area (Å²) in [6, 6.07) is 0. The minimum absolute atomic E-state index is 0.420. The summed E-state index contributed by atoms with van der Waals surface area (Å²) in [5.74, 6) is 2.21.